The minimum atomic E-state index is -4.33. The zero-order valence-electron chi connectivity index (χ0n) is 25.5. The monoisotopic (exact) mass is 662 g/mol. The summed E-state index contributed by atoms with van der Waals surface area (Å²) in [7, 11) is -4.33. The third-order valence-corrected chi connectivity index (χ3v) is 9.50. The Bertz CT molecular complexity index is 1760. The predicted octanol–water partition coefficient (Wildman–Crippen LogP) is 6.00. The first-order valence-corrected chi connectivity index (χ1v) is 16.5. The quantitative estimate of drug-likeness (QED) is 0.130. The van der Waals surface area contributed by atoms with Gasteiger partial charge in [-0.3, -0.25) is 24.0 Å². The molecule has 2 amide bonds. The molecule has 2 atom stereocenters. The first-order chi connectivity index (χ1) is 22.0. The number of halogens is 1. The highest BCUT2D eigenvalue weighted by atomic mass is 35.5. The number of nitro benzene ring substituents is 1. The lowest BCUT2D eigenvalue weighted by Crippen LogP contribution is -2.54. The van der Waals surface area contributed by atoms with Crippen LogP contribution in [0, 0.1) is 10.1 Å². The van der Waals surface area contributed by atoms with Crippen LogP contribution in [0.1, 0.15) is 31.4 Å². The molecule has 0 aliphatic heterocycles. The average molecular weight is 663 g/mol. The van der Waals surface area contributed by atoms with Crippen molar-refractivity contribution in [3.63, 3.8) is 0 Å². The molecule has 0 unspecified atom stereocenters. The summed E-state index contributed by atoms with van der Waals surface area (Å²) in [6, 6.07) is 27.4. The Labute approximate surface area is 273 Å². The van der Waals surface area contributed by atoms with Gasteiger partial charge < -0.3 is 10.2 Å². The molecule has 0 saturated heterocycles. The molecule has 0 aliphatic carbocycles. The van der Waals surface area contributed by atoms with Crippen molar-refractivity contribution in [3.8, 4) is 0 Å². The van der Waals surface area contributed by atoms with Crippen LogP contribution in [0.5, 0.6) is 0 Å². The first kappa shape index (κ1) is 34.1. The molecule has 0 saturated carbocycles. The van der Waals surface area contributed by atoms with E-state index in [-0.39, 0.29) is 41.2 Å². The van der Waals surface area contributed by atoms with Gasteiger partial charge in [0.2, 0.25) is 11.8 Å². The summed E-state index contributed by atoms with van der Waals surface area (Å²) >= 11 is 6.28. The Kier molecular flexibility index (Phi) is 11.5. The van der Waals surface area contributed by atoms with Crippen molar-refractivity contribution >= 4 is 44.8 Å². The highest BCUT2D eigenvalue weighted by molar-refractivity contribution is 7.92. The van der Waals surface area contributed by atoms with Crippen LogP contribution in [0.25, 0.3) is 0 Å². The number of hydrogen-bond donors (Lipinski definition) is 1. The summed E-state index contributed by atoms with van der Waals surface area (Å²) < 4.78 is 28.9. The number of carbonyl (C=O) groups is 2. The highest BCUT2D eigenvalue weighted by Gasteiger charge is 2.35. The molecule has 0 heterocycles. The lowest BCUT2D eigenvalue weighted by Gasteiger charge is -2.34. The van der Waals surface area contributed by atoms with Gasteiger partial charge in [0, 0.05) is 36.2 Å². The van der Waals surface area contributed by atoms with Crippen LogP contribution < -0.4 is 9.62 Å². The Balaban J connectivity index is 1.81. The molecule has 4 aromatic rings. The van der Waals surface area contributed by atoms with Gasteiger partial charge in [0.25, 0.3) is 15.7 Å². The number of hydrogen-bond acceptors (Lipinski definition) is 6. The van der Waals surface area contributed by atoms with E-state index in [4.69, 9.17) is 11.6 Å². The Morgan fingerprint density at radius 1 is 0.891 bits per heavy atom. The van der Waals surface area contributed by atoms with E-state index in [0.717, 1.165) is 9.87 Å². The van der Waals surface area contributed by atoms with Crippen LogP contribution >= 0.6 is 11.6 Å². The third kappa shape index (κ3) is 8.70. The molecule has 46 heavy (non-hydrogen) atoms. The lowest BCUT2D eigenvalue weighted by molar-refractivity contribution is -0.384. The first-order valence-electron chi connectivity index (χ1n) is 14.7. The van der Waals surface area contributed by atoms with Crippen molar-refractivity contribution in [2.45, 2.75) is 50.2 Å². The van der Waals surface area contributed by atoms with Gasteiger partial charge in [-0.2, -0.15) is 0 Å². The van der Waals surface area contributed by atoms with E-state index in [0.29, 0.717) is 17.0 Å². The Morgan fingerprint density at radius 2 is 1.50 bits per heavy atom. The van der Waals surface area contributed by atoms with Crippen molar-refractivity contribution in [2.24, 2.45) is 0 Å². The lowest BCUT2D eigenvalue weighted by atomic mass is 10.0. The van der Waals surface area contributed by atoms with Gasteiger partial charge in [0.15, 0.2) is 0 Å². The van der Waals surface area contributed by atoms with Crippen molar-refractivity contribution in [2.75, 3.05) is 10.8 Å². The van der Waals surface area contributed by atoms with E-state index in [9.17, 15) is 28.1 Å². The van der Waals surface area contributed by atoms with Crippen molar-refractivity contribution in [3.05, 3.63) is 135 Å². The molecule has 4 rings (SSSR count). The van der Waals surface area contributed by atoms with Crippen LogP contribution in [-0.4, -0.2) is 48.7 Å². The van der Waals surface area contributed by atoms with Crippen LogP contribution in [0.15, 0.2) is 114 Å². The topological polar surface area (TPSA) is 130 Å². The molecule has 0 spiro atoms. The number of sulfonamides is 1. The molecule has 0 aliphatic rings. The fourth-order valence-corrected chi connectivity index (χ4v) is 6.46. The van der Waals surface area contributed by atoms with E-state index < -0.39 is 33.4 Å². The van der Waals surface area contributed by atoms with Crippen LogP contribution in [-0.2, 0) is 32.6 Å². The number of amides is 2. The molecule has 1 N–H and O–H groups in total. The summed E-state index contributed by atoms with van der Waals surface area (Å²) in [5.41, 5.74) is 1.26. The number of rotatable bonds is 14. The van der Waals surface area contributed by atoms with Gasteiger partial charge in [-0.25, -0.2) is 8.42 Å². The number of non-ortho nitro benzene ring substituents is 1. The number of nitrogens with one attached hydrogen (secondary N) is 1. The largest absolute Gasteiger partial charge is 0.352 e. The van der Waals surface area contributed by atoms with E-state index in [1.54, 1.807) is 42.5 Å². The molecular formula is C34H35ClN4O6S. The zero-order valence-corrected chi connectivity index (χ0v) is 27.0. The second-order valence-corrected chi connectivity index (χ2v) is 13.1. The van der Waals surface area contributed by atoms with Gasteiger partial charge in [0.05, 0.1) is 15.5 Å². The van der Waals surface area contributed by atoms with Gasteiger partial charge in [-0.05, 0) is 60.9 Å². The minimum absolute atomic E-state index is 0.0374. The smallest absolute Gasteiger partial charge is 0.269 e. The van der Waals surface area contributed by atoms with Crippen LogP contribution in [0.3, 0.4) is 0 Å². The average Bonchev–Trinajstić information content (AvgIpc) is 3.05. The maximum Gasteiger partial charge on any atom is 0.269 e. The van der Waals surface area contributed by atoms with Gasteiger partial charge in [0.1, 0.15) is 12.6 Å². The Morgan fingerprint density at radius 3 is 2.09 bits per heavy atom. The molecule has 4 aromatic carbocycles. The van der Waals surface area contributed by atoms with E-state index in [2.05, 4.69) is 5.32 Å². The van der Waals surface area contributed by atoms with Crippen molar-refractivity contribution < 1.29 is 22.9 Å². The minimum Gasteiger partial charge on any atom is -0.352 e. The predicted molar refractivity (Wildman–Crippen MR) is 178 cm³/mol. The molecule has 10 nitrogen and oxygen atoms in total. The molecule has 0 bridgehead atoms. The maximum atomic E-state index is 14.5. The fourth-order valence-electron chi connectivity index (χ4n) is 4.82. The van der Waals surface area contributed by atoms with E-state index >= 15 is 0 Å². The van der Waals surface area contributed by atoms with E-state index in [1.807, 2.05) is 44.2 Å². The zero-order chi connectivity index (χ0) is 33.3. The maximum absolute atomic E-state index is 14.5. The highest BCUT2D eigenvalue weighted by Crippen LogP contribution is 2.27. The number of nitrogens with zero attached hydrogens (tertiary/aromatic N) is 3. The Hall–Kier alpha value is -4.74. The number of nitro groups is 1. The summed E-state index contributed by atoms with van der Waals surface area (Å²) in [6.07, 6.45) is 0.827. The van der Waals surface area contributed by atoms with Gasteiger partial charge in [-0.1, -0.05) is 79.2 Å². The SMILES string of the molecule is CC[C@@H](C)NC(=O)[C@H](Cc1ccccc1)N(Cc1cccc(Cl)c1)C(=O)CN(c1ccc([N+](=O)[O-])cc1)S(=O)(=O)c1ccccc1. The van der Waals surface area contributed by atoms with E-state index in [1.165, 1.54) is 41.3 Å². The molecule has 0 radical (unpaired) electrons. The third-order valence-electron chi connectivity index (χ3n) is 7.47. The fraction of sp³-hybridized carbons (Fsp3) is 0.235. The summed E-state index contributed by atoms with van der Waals surface area (Å²) in [6.45, 7) is 3.08. The molecule has 0 fully saturated rings. The standard InChI is InChI=1S/C34H35ClN4O6S/c1-3-25(2)36-34(41)32(22-26-11-6-4-7-12-26)37(23-27-13-10-14-28(35)21-27)33(40)24-38(29-17-19-30(20-18-29)39(42)43)46(44,45)31-15-8-5-9-16-31/h4-21,25,32H,3,22-24H2,1-2H3,(H,36,41)/t25-,32+/m1/s1. The number of anilines is 1. The summed E-state index contributed by atoms with van der Waals surface area (Å²) in [4.78, 5) is 40.3. The number of benzene rings is 4. The normalized spacial score (nSPS) is 12.5. The van der Waals surface area contributed by atoms with Crippen LogP contribution in [0.2, 0.25) is 5.02 Å². The van der Waals surface area contributed by atoms with Crippen LogP contribution in [0.4, 0.5) is 11.4 Å². The molecular weight excluding hydrogens is 628 g/mol. The summed E-state index contributed by atoms with van der Waals surface area (Å²) in [5.74, 6) is -1.04. The second-order valence-electron chi connectivity index (χ2n) is 10.8. The second kappa shape index (κ2) is 15.5. The number of carbonyl (C=O) groups excluding carboxylic acids is 2. The summed E-state index contributed by atoms with van der Waals surface area (Å²) in [5, 5.41) is 14.7. The van der Waals surface area contributed by atoms with Gasteiger partial charge >= 0.3 is 0 Å². The molecule has 240 valence electrons. The molecule has 0 aromatic heterocycles. The van der Waals surface area contributed by atoms with Crippen molar-refractivity contribution in [1.82, 2.24) is 10.2 Å². The van der Waals surface area contributed by atoms with Gasteiger partial charge in [-0.15, -0.1) is 0 Å². The molecule has 12 heteroatoms. The van der Waals surface area contributed by atoms with Crippen molar-refractivity contribution in [1.29, 1.82) is 0 Å².